The summed E-state index contributed by atoms with van der Waals surface area (Å²) < 4.78 is 26.3. The summed E-state index contributed by atoms with van der Waals surface area (Å²) >= 11 is 13.6. The van der Waals surface area contributed by atoms with Gasteiger partial charge in [-0.05, 0) is 61.2 Å². The maximum atomic E-state index is 12.8. The highest BCUT2D eigenvalue weighted by Gasteiger charge is 2.31. The number of nitrogens with one attached hydrogen (secondary N) is 1. The lowest BCUT2D eigenvalue weighted by molar-refractivity contribution is -0.122. The average Bonchev–Trinajstić information content (AvgIpc) is 2.69. The Hall–Kier alpha value is -1.41. The lowest BCUT2D eigenvalue weighted by atomic mass is 10.1. The van der Waals surface area contributed by atoms with Crippen molar-refractivity contribution >= 4 is 56.6 Å². The molecule has 0 saturated carbocycles. The number of thioether (sulfide) groups is 1. The van der Waals surface area contributed by atoms with Gasteiger partial charge in [-0.1, -0.05) is 42.3 Å². The fourth-order valence-corrected chi connectivity index (χ4v) is 5.44. The molecule has 0 aliphatic rings. The number of sulfonamides is 1. The van der Waals surface area contributed by atoms with Crippen LogP contribution in [-0.2, 0) is 20.6 Å². The highest BCUT2D eigenvalue weighted by atomic mass is 35.5. The van der Waals surface area contributed by atoms with Gasteiger partial charge in [-0.3, -0.25) is 9.10 Å². The van der Waals surface area contributed by atoms with Crippen LogP contribution >= 0.6 is 35.0 Å². The van der Waals surface area contributed by atoms with Gasteiger partial charge in [-0.15, -0.1) is 0 Å². The molecule has 31 heavy (non-hydrogen) atoms. The molecule has 0 unspecified atom stereocenters. The van der Waals surface area contributed by atoms with Crippen molar-refractivity contribution in [2.45, 2.75) is 39.0 Å². The van der Waals surface area contributed by atoms with Crippen LogP contribution in [0.1, 0.15) is 30.0 Å². The summed E-state index contributed by atoms with van der Waals surface area (Å²) in [4.78, 5) is 12.8. The number of hydrogen-bond donors (Lipinski definition) is 1. The zero-order valence-corrected chi connectivity index (χ0v) is 21.3. The Labute approximate surface area is 199 Å². The van der Waals surface area contributed by atoms with Crippen LogP contribution in [-0.4, -0.2) is 38.9 Å². The number of halogens is 2. The van der Waals surface area contributed by atoms with Crippen molar-refractivity contribution in [1.29, 1.82) is 0 Å². The van der Waals surface area contributed by atoms with Gasteiger partial charge >= 0.3 is 0 Å². The van der Waals surface area contributed by atoms with E-state index in [1.165, 1.54) is 4.31 Å². The van der Waals surface area contributed by atoms with Crippen molar-refractivity contribution in [1.82, 2.24) is 5.32 Å². The molecule has 9 heteroatoms. The maximum Gasteiger partial charge on any atom is 0.243 e. The van der Waals surface area contributed by atoms with Crippen molar-refractivity contribution in [2.75, 3.05) is 22.9 Å². The monoisotopic (exact) mass is 502 g/mol. The molecule has 1 amide bonds. The van der Waals surface area contributed by atoms with Crippen LogP contribution in [0.3, 0.4) is 0 Å². The minimum absolute atomic E-state index is 0.304. The van der Waals surface area contributed by atoms with Gasteiger partial charge in [0.1, 0.15) is 6.04 Å². The van der Waals surface area contributed by atoms with E-state index < -0.39 is 16.1 Å². The Balaban J connectivity index is 1.99. The number of carbonyl (C=O) groups is 1. The Morgan fingerprint density at radius 3 is 2.39 bits per heavy atom. The quantitative estimate of drug-likeness (QED) is 0.453. The van der Waals surface area contributed by atoms with Crippen LogP contribution in [0.25, 0.3) is 0 Å². The first kappa shape index (κ1) is 25.8. The Kier molecular flexibility index (Phi) is 9.55. The van der Waals surface area contributed by atoms with E-state index in [2.05, 4.69) is 5.32 Å². The summed E-state index contributed by atoms with van der Waals surface area (Å²) in [5.41, 5.74) is 3.59. The van der Waals surface area contributed by atoms with Crippen LogP contribution in [0.2, 0.25) is 10.0 Å². The molecule has 1 N–H and O–H groups in total. The van der Waals surface area contributed by atoms with Gasteiger partial charge in [0.25, 0.3) is 0 Å². The second-order valence-corrected chi connectivity index (χ2v) is 11.1. The number of benzene rings is 2. The molecule has 0 saturated heterocycles. The number of rotatable bonds is 10. The minimum Gasteiger partial charge on any atom is -0.353 e. The predicted octanol–water partition coefficient (Wildman–Crippen LogP) is 5.20. The van der Waals surface area contributed by atoms with E-state index >= 15 is 0 Å². The lowest BCUT2D eigenvalue weighted by Gasteiger charge is -2.30. The fraction of sp³-hybridized carbons (Fsp3) is 0.409. The van der Waals surface area contributed by atoms with Gasteiger partial charge in [-0.2, -0.15) is 11.8 Å². The van der Waals surface area contributed by atoms with E-state index in [1.54, 1.807) is 30.0 Å². The van der Waals surface area contributed by atoms with Crippen LogP contribution in [0.5, 0.6) is 0 Å². The normalized spacial score (nSPS) is 12.5. The van der Waals surface area contributed by atoms with Crippen LogP contribution in [0.4, 0.5) is 5.69 Å². The van der Waals surface area contributed by atoms with Gasteiger partial charge in [0, 0.05) is 18.1 Å². The highest BCUT2D eigenvalue weighted by molar-refractivity contribution is 7.98. The molecule has 0 radical (unpaired) electrons. The summed E-state index contributed by atoms with van der Waals surface area (Å²) in [6, 6.07) is 10.1. The summed E-state index contributed by atoms with van der Waals surface area (Å²) in [5.74, 6) is 1.12. The predicted molar refractivity (Wildman–Crippen MR) is 133 cm³/mol. The number of hydrogen-bond acceptors (Lipinski definition) is 4. The van der Waals surface area contributed by atoms with Crippen LogP contribution < -0.4 is 9.62 Å². The molecule has 1 atom stereocenters. The van der Waals surface area contributed by atoms with Gasteiger partial charge in [-0.25, -0.2) is 8.42 Å². The van der Waals surface area contributed by atoms with Crippen molar-refractivity contribution in [3.63, 3.8) is 0 Å². The number of anilines is 1. The topological polar surface area (TPSA) is 66.5 Å². The van der Waals surface area contributed by atoms with Gasteiger partial charge in [0.15, 0.2) is 0 Å². The Morgan fingerprint density at radius 1 is 1.10 bits per heavy atom. The third kappa shape index (κ3) is 7.31. The first-order valence-electron chi connectivity index (χ1n) is 9.90. The molecule has 0 aromatic heterocycles. The first-order chi connectivity index (χ1) is 14.5. The molecule has 0 bridgehead atoms. The lowest BCUT2D eigenvalue weighted by Crippen LogP contribution is -2.49. The second-order valence-electron chi connectivity index (χ2n) is 7.34. The first-order valence-corrected chi connectivity index (χ1v) is 13.7. The third-order valence-electron chi connectivity index (χ3n) is 4.87. The molecular weight excluding hydrogens is 475 g/mol. The molecule has 0 heterocycles. The molecule has 5 nitrogen and oxygen atoms in total. The molecule has 0 aliphatic carbocycles. The van der Waals surface area contributed by atoms with Crippen molar-refractivity contribution < 1.29 is 13.2 Å². The van der Waals surface area contributed by atoms with Gasteiger partial charge < -0.3 is 5.32 Å². The second kappa shape index (κ2) is 11.5. The van der Waals surface area contributed by atoms with E-state index in [1.807, 2.05) is 39.0 Å². The van der Waals surface area contributed by atoms with Crippen LogP contribution in [0.15, 0.2) is 36.4 Å². The smallest absolute Gasteiger partial charge is 0.243 e. The summed E-state index contributed by atoms with van der Waals surface area (Å²) in [5, 5.41) is 3.92. The number of nitrogens with zero attached hydrogens (tertiary/aromatic N) is 1. The molecule has 170 valence electrons. The largest absolute Gasteiger partial charge is 0.353 e. The molecule has 0 aliphatic heterocycles. The van der Waals surface area contributed by atoms with Crippen molar-refractivity contribution in [3.8, 4) is 0 Å². The number of amides is 1. The molecule has 0 spiro atoms. The van der Waals surface area contributed by atoms with Gasteiger partial charge in [0.2, 0.25) is 15.9 Å². The standard InChI is InChI=1S/C22H28Cl2N2O3S2/c1-5-21(26(31(4,28)29)18-8-6-15(2)16(3)12-18)22(27)25-10-11-30-14-17-7-9-19(23)20(24)13-17/h6-9,12-13,21H,5,10-11,14H2,1-4H3,(H,25,27)/t21-/m1/s1. The number of aryl methyl sites for hydroxylation is 2. The van der Waals surface area contributed by atoms with E-state index in [0.717, 1.165) is 28.7 Å². The van der Waals surface area contributed by atoms with Crippen molar-refractivity contribution in [2.24, 2.45) is 0 Å². The fourth-order valence-electron chi connectivity index (χ4n) is 3.11. The SMILES string of the molecule is CC[C@H](C(=O)NCCSCc1ccc(Cl)c(Cl)c1)N(c1ccc(C)c(C)c1)S(C)(=O)=O. The Bertz CT molecular complexity index is 1030. The molecular formula is C22H28Cl2N2O3S2. The van der Waals surface area contributed by atoms with Gasteiger partial charge in [0.05, 0.1) is 22.0 Å². The Morgan fingerprint density at radius 2 is 1.81 bits per heavy atom. The van der Waals surface area contributed by atoms with E-state index in [4.69, 9.17) is 23.2 Å². The summed E-state index contributed by atoms with van der Waals surface area (Å²) in [7, 11) is -3.64. The molecule has 0 fully saturated rings. The van der Waals surface area contributed by atoms with Crippen molar-refractivity contribution in [3.05, 3.63) is 63.1 Å². The minimum atomic E-state index is -3.64. The van der Waals surface area contributed by atoms with Crippen LogP contribution in [0, 0.1) is 13.8 Å². The maximum absolute atomic E-state index is 12.8. The molecule has 2 aromatic rings. The van der Waals surface area contributed by atoms with E-state index in [-0.39, 0.29) is 5.91 Å². The zero-order valence-electron chi connectivity index (χ0n) is 18.1. The highest BCUT2D eigenvalue weighted by Crippen LogP contribution is 2.26. The average molecular weight is 504 g/mol. The molecule has 2 aromatic carbocycles. The molecule has 2 rings (SSSR count). The summed E-state index contributed by atoms with van der Waals surface area (Å²) in [6.07, 6.45) is 1.49. The number of carbonyl (C=O) groups excluding carboxylic acids is 1. The van der Waals surface area contributed by atoms with E-state index in [9.17, 15) is 13.2 Å². The zero-order chi connectivity index (χ0) is 23.2. The summed E-state index contributed by atoms with van der Waals surface area (Å²) in [6.45, 7) is 6.13. The third-order valence-corrected chi connectivity index (χ3v) is 7.82. The van der Waals surface area contributed by atoms with E-state index in [0.29, 0.717) is 34.5 Å².